The molecule has 1 aromatic carbocycles. The van der Waals surface area contributed by atoms with Crippen LogP contribution >= 0.6 is 0 Å². The van der Waals surface area contributed by atoms with Gasteiger partial charge in [0.1, 0.15) is 6.04 Å². The van der Waals surface area contributed by atoms with Crippen molar-refractivity contribution in [2.24, 2.45) is 17.3 Å². The molecule has 1 heterocycles. The molecule has 28 heavy (non-hydrogen) atoms. The molecule has 1 saturated heterocycles. The summed E-state index contributed by atoms with van der Waals surface area (Å²) < 4.78 is 0. The van der Waals surface area contributed by atoms with Crippen LogP contribution in [-0.2, 0) is 4.79 Å². The standard InChI is InChI=1S/C24H32N2O2/c1-16-7-9-17(10-8-16)23(28)26(21-6-4-5-13-25-22(21)27)15-18-11-12-19-14-20(18)24(19,2)3/h7-11,19-21H,4-6,12-15H2,1-3H3,(H,25,27). The average molecular weight is 381 g/mol. The normalized spacial score (nSPS) is 28.5. The molecule has 4 nitrogen and oxygen atoms in total. The van der Waals surface area contributed by atoms with Gasteiger partial charge in [0.15, 0.2) is 0 Å². The largest absolute Gasteiger partial charge is 0.354 e. The number of carbonyl (C=O) groups is 2. The zero-order valence-electron chi connectivity index (χ0n) is 17.3. The third kappa shape index (κ3) is 3.38. The maximum Gasteiger partial charge on any atom is 0.254 e. The van der Waals surface area contributed by atoms with Gasteiger partial charge in [-0.3, -0.25) is 9.59 Å². The van der Waals surface area contributed by atoms with Crippen LogP contribution < -0.4 is 5.32 Å². The first-order valence-electron chi connectivity index (χ1n) is 10.7. The van der Waals surface area contributed by atoms with E-state index in [0.29, 0.717) is 30.0 Å². The Labute approximate surface area is 168 Å². The molecule has 1 aliphatic heterocycles. The molecule has 1 saturated carbocycles. The number of carbonyl (C=O) groups excluding carboxylic acids is 2. The van der Waals surface area contributed by atoms with E-state index in [2.05, 4.69) is 25.2 Å². The zero-order valence-corrected chi connectivity index (χ0v) is 17.3. The molecule has 2 amide bonds. The SMILES string of the molecule is Cc1ccc(C(=O)N(CC2=CCC3CC2C3(C)C)C2CCCCNC2=O)cc1. The first-order chi connectivity index (χ1) is 13.4. The Morgan fingerprint density at radius 2 is 1.96 bits per heavy atom. The van der Waals surface area contributed by atoms with Gasteiger partial charge in [-0.2, -0.15) is 0 Å². The number of hydrogen-bond acceptors (Lipinski definition) is 2. The van der Waals surface area contributed by atoms with Crippen LogP contribution in [0, 0.1) is 24.2 Å². The summed E-state index contributed by atoms with van der Waals surface area (Å²) in [6.07, 6.45) is 7.36. The van der Waals surface area contributed by atoms with Gasteiger partial charge >= 0.3 is 0 Å². The summed E-state index contributed by atoms with van der Waals surface area (Å²) >= 11 is 0. The van der Waals surface area contributed by atoms with Gasteiger partial charge in [-0.05, 0) is 68.4 Å². The summed E-state index contributed by atoms with van der Waals surface area (Å²) in [5.41, 5.74) is 3.47. The van der Waals surface area contributed by atoms with Crippen LogP contribution in [0.15, 0.2) is 35.9 Å². The fourth-order valence-electron chi connectivity index (χ4n) is 5.26. The smallest absolute Gasteiger partial charge is 0.254 e. The van der Waals surface area contributed by atoms with E-state index in [9.17, 15) is 9.59 Å². The minimum Gasteiger partial charge on any atom is -0.354 e. The Morgan fingerprint density at radius 3 is 2.64 bits per heavy atom. The van der Waals surface area contributed by atoms with Gasteiger partial charge in [0.05, 0.1) is 0 Å². The van der Waals surface area contributed by atoms with E-state index in [0.717, 1.165) is 37.2 Å². The van der Waals surface area contributed by atoms with Crippen molar-refractivity contribution in [1.82, 2.24) is 10.2 Å². The maximum atomic E-state index is 13.5. The molecule has 3 atom stereocenters. The predicted molar refractivity (Wildman–Crippen MR) is 111 cm³/mol. The second-order valence-electron chi connectivity index (χ2n) is 9.42. The van der Waals surface area contributed by atoms with Crippen LogP contribution in [-0.4, -0.2) is 35.8 Å². The molecule has 3 aliphatic carbocycles. The van der Waals surface area contributed by atoms with E-state index in [1.54, 1.807) is 0 Å². The number of benzene rings is 1. The average Bonchev–Trinajstić information content (AvgIpc) is 2.90. The number of nitrogens with one attached hydrogen (secondary N) is 1. The highest BCUT2D eigenvalue weighted by atomic mass is 16.2. The summed E-state index contributed by atoms with van der Waals surface area (Å²) in [6, 6.07) is 7.34. The third-order valence-electron chi connectivity index (χ3n) is 7.38. The monoisotopic (exact) mass is 380 g/mol. The molecule has 0 aromatic heterocycles. The van der Waals surface area contributed by atoms with Gasteiger partial charge in [0, 0.05) is 18.7 Å². The molecule has 2 fully saturated rings. The van der Waals surface area contributed by atoms with Crippen molar-refractivity contribution in [2.45, 2.75) is 58.9 Å². The van der Waals surface area contributed by atoms with Crippen molar-refractivity contribution in [3.05, 3.63) is 47.0 Å². The molecule has 0 spiro atoms. The molecule has 1 aromatic rings. The summed E-state index contributed by atoms with van der Waals surface area (Å²) in [5.74, 6) is 1.28. The van der Waals surface area contributed by atoms with Crippen LogP contribution in [0.3, 0.4) is 0 Å². The van der Waals surface area contributed by atoms with E-state index in [1.807, 2.05) is 36.1 Å². The molecular formula is C24H32N2O2. The lowest BCUT2D eigenvalue weighted by Gasteiger charge is -2.57. The van der Waals surface area contributed by atoms with E-state index in [4.69, 9.17) is 0 Å². The van der Waals surface area contributed by atoms with Crippen molar-refractivity contribution >= 4 is 11.8 Å². The maximum absolute atomic E-state index is 13.5. The quantitative estimate of drug-likeness (QED) is 0.800. The summed E-state index contributed by atoms with van der Waals surface area (Å²) in [6.45, 7) is 8.01. The highest BCUT2D eigenvalue weighted by Crippen LogP contribution is 2.59. The Bertz CT molecular complexity index is 793. The minimum atomic E-state index is -0.377. The highest BCUT2D eigenvalue weighted by Gasteiger charge is 2.51. The summed E-state index contributed by atoms with van der Waals surface area (Å²) in [5, 5.41) is 3.01. The van der Waals surface area contributed by atoms with Crippen molar-refractivity contribution in [1.29, 1.82) is 0 Å². The van der Waals surface area contributed by atoms with Gasteiger partial charge in [-0.15, -0.1) is 0 Å². The van der Waals surface area contributed by atoms with Gasteiger partial charge in [0.25, 0.3) is 5.91 Å². The predicted octanol–water partition coefficient (Wildman–Crippen LogP) is 4.10. The van der Waals surface area contributed by atoms with Crippen molar-refractivity contribution in [2.75, 3.05) is 13.1 Å². The van der Waals surface area contributed by atoms with Crippen LogP contribution in [0.2, 0.25) is 0 Å². The van der Waals surface area contributed by atoms with E-state index >= 15 is 0 Å². The molecule has 0 radical (unpaired) electrons. The van der Waals surface area contributed by atoms with Gasteiger partial charge in [-0.25, -0.2) is 0 Å². The molecule has 2 bridgehead atoms. The number of aryl methyl sites for hydroxylation is 1. The first kappa shape index (κ1) is 19.2. The van der Waals surface area contributed by atoms with E-state index in [-0.39, 0.29) is 17.9 Å². The second-order valence-corrected chi connectivity index (χ2v) is 9.42. The fraction of sp³-hybridized carbons (Fsp3) is 0.583. The number of nitrogens with zero attached hydrogens (tertiary/aromatic N) is 1. The molecule has 4 heteroatoms. The lowest BCUT2D eigenvalue weighted by Crippen LogP contribution is -2.53. The van der Waals surface area contributed by atoms with Crippen LogP contribution in [0.4, 0.5) is 0 Å². The van der Waals surface area contributed by atoms with E-state index in [1.165, 1.54) is 12.0 Å². The lowest BCUT2D eigenvalue weighted by molar-refractivity contribution is -0.125. The highest BCUT2D eigenvalue weighted by molar-refractivity contribution is 5.97. The minimum absolute atomic E-state index is 0.000109. The zero-order chi connectivity index (χ0) is 19.9. The van der Waals surface area contributed by atoms with Gasteiger partial charge in [-0.1, -0.05) is 43.2 Å². The number of rotatable bonds is 4. The summed E-state index contributed by atoms with van der Waals surface area (Å²) in [4.78, 5) is 28.1. The van der Waals surface area contributed by atoms with Crippen molar-refractivity contribution < 1.29 is 9.59 Å². The van der Waals surface area contributed by atoms with Crippen LogP contribution in [0.5, 0.6) is 0 Å². The Morgan fingerprint density at radius 1 is 1.21 bits per heavy atom. The Balaban J connectivity index is 1.63. The number of allylic oxidation sites excluding steroid dienone is 1. The number of fused-ring (bicyclic) bond motifs is 1. The van der Waals surface area contributed by atoms with E-state index < -0.39 is 0 Å². The van der Waals surface area contributed by atoms with Crippen molar-refractivity contribution in [3.8, 4) is 0 Å². The number of amides is 2. The van der Waals surface area contributed by atoms with Gasteiger partial charge in [0.2, 0.25) is 5.91 Å². The second kappa shape index (κ2) is 7.38. The van der Waals surface area contributed by atoms with Crippen molar-refractivity contribution in [3.63, 3.8) is 0 Å². The van der Waals surface area contributed by atoms with Gasteiger partial charge < -0.3 is 10.2 Å². The van der Waals surface area contributed by atoms with Crippen LogP contribution in [0.25, 0.3) is 0 Å². The molecule has 150 valence electrons. The first-order valence-corrected chi connectivity index (χ1v) is 10.7. The van der Waals surface area contributed by atoms with Crippen LogP contribution in [0.1, 0.15) is 61.9 Å². The molecule has 3 unspecified atom stereocenters. The molecule has 1 N–H and O–H groups in total. The Kier molecular flexibility index (Phi) is 5.07. The third-order valence-corrected chi connectivity index (χ3v) is 7.38. The lowest BCUT2D eigenvalue weighted by atomic mass is 9.49. The fourth-order valence-corrected chi connectivity index (χ4v) is 5.26. The molecular weight excluding hydrogens is 348 g/mol. The molecule has 4 aliphatic rings. The topological polar surface area (TPSA) is 49.4 Å². The Hall–Kier alpha value is -2.10. The number of hydrogen-bond donors (Lipinski definition) is 1. The summed E-state index contributed by atoms with van der Waals surface area (Å²) in [7, 11) is 0. The molecule has 5 rings (SSSR count).